The first-order chi connectivity index (χ1) is 14.2. The molecule has 0 spiro atoms. The Morgan fingerprint density at radius 1 is 1.33 bits per heavy atom. The van der Waals surface area contributed by atoms with E-state index in [1.165, 1.54) is 17.4 Å². The van der Waals surface area contributed by atoms with Gasteiger partial charge in [-0.05, 0) is 38.1 Å². The van der Waals surface area contributed by atoms with Crippen molar-refractivity contribution in [1.29, 1.82) is 0 Å². The van der Waals surface area contributed by atoms with E-state index in [0.717, 1.165) is 17.0 Å². The monoisotopic (exact) mass is 449 g/mol. The minimum atomic E-state index is -3.51. The van der Waals surface area contributed by atoms with Gasteiger partial charge in [-0.25, -0.2) is 22.6 Å². The number of carbonyl (C=O) groups excluding carboxylic acids is 1. The molecule has 3 aromatic rings. The lowest BCUT2D eigenvalue weighted by molar-refractivity contribution is -0.131. The number of hydrogen-bond acceptors (Lipinski definition) is 6. The molecule has 9 nitrogen and oxygen atoms in total. The van der Waals surface area contributed by atoms with Crippen LogP contribution in [0.1, 0.15) is 29.8 Å². The highest BCUT2D eigenvalue weighted by molar-refractivity contribution is 7.91. The van der Waals surface area contributed by atoms with Crippen molar-refractivity contribution < 1.29 is 13.2 Å². The molecule has 0 atom stereocenters. The third-order valence-corrected chi connectivity index (χ3v) is 8.38. The standard InChI is InChI=1S/C19H23N5O4S2/c1-12-15(13(2)24-16(20-12)11-17(25)21-24)10-18(26)23-7-5-14(6-8-23)22-30(27,28)19-4-3-9-29-19/h3-4,9,11,14,22H,5-8,10H2,1-2H3,(H,21,25). The molecule has 0 bridgehead atoms. The summed E-state index contributed by atoms with van der Waals surface area (Å²) < 4.78 is 29.4. The van der Waals surface area contributed by atoms with Crippen LogP contribution < -0.4 is 10.3 Å². The summed E-state index contributed by atoms with van der Waals surface area (Å²) in [5.41, 5.74) is 2.59. The van der Waals surface area contributed by atoms with E-state index in [2.05, 4.69) is 14.8 Å². The molecular formula is C19H23N5O4S2. The number of aromatic nitrogens is 3. The Hall–Kier alpha value is -2.50. The van der Waals surface area contributed by atoms with Crippen molar-refractivity contribution in [2.45, 2.75) is 43.4 Å². The van der Waals surface area contributed by atoms with Gasteiger partial charge in [0, 0.05) is 42.1 Å². The van der Waals surface area contributed by atoms with Crippen LogP contribution in [0.15, 0.2) is 32.6 Å². The first kappa shape index (κ1) is 20.8. The molecule has 11 heteroatoms. The number of H-pyrrole nitrogens is 1. The van der Waals surface area contributed by atoms with E-state index in [1.807, 2.05) is 13.8 Å². The largest absolute Gasteiger partial charge is 0.342 e. The lowest BCUT2D eigenvalue weighted by Gasteiger charge is -2.32. The molecule has 4 heterocycles. The zero-order valence-electron chi connectivity index (χ0n) is 16.7. The summed E-state index contributed by atoms with van der Waals surface area (Å²) in [6.07, 6.45) is 1.32. The molecule has 1 amide bonds. The summed E-state index contributed by atoms with van der Waals surface area (Å²) in [4.78, 5) is 30.6. The number of aryl methyl sites for hydroxylation is 2. The molecule has 0 unspecified atom stereocenters. The van der Waals surface area contributed by atoms with Gasteiger partial charge >= 0.3 is 0 Å². The number of amides is 1. The average Bonchev–Trinajstić information content (AvgIpc) is 3.35. The smallest absolute Gasteiger partial charge is 0.266 e. The van der Waals surface area contributed by atoms with Gasteiger partial charge in [-0.3, -0.25) is 14.7 Å². The Kier molecular flexibility index (Phi) is 5.51. The number of hydrogen-bond donors (Lipinski definition) is 2. The number of carbonyl (C=O) groups is 1. The van der Waals surface area contributed by atoms with E-state index in [-0.39, 0.29) is 23.9 Å². The highest BCUT2D eigenvalue weighted by Gasteiger charge is 2.27. The maximum absolute atomic E-state index is 12.9. The molecule has 1 fully saturated rings. The number of rotatable bonds is 5. The first-order valence-corrected chi connectivity index (χ1v) is 12.0. The number of aromatic amines is 1. The number of thiophene rings is 1. The lowest BCUT2D eigenvalue weighted by Crippen LogP contribution is -2.46. The van der Waals surface area contributed by atoms with Crippen LogP contribution in [0.4, 0.5) is 0 Å². The fourth-order valence-electron chi connectivity index (χ4n) is 3.82. The van der Waals surface area contributed by atoms with Gasteiger partial charge in [-0.2, -0.15) is 0 Å². The van der Waals surface area contributed by atoms with Gasteiger partial charge in [0.1, 0.15) is 4.21 Å². The minimum Gasteiger partial charge on any atom is -0.342 e. The van der Waals surface area contributed by atoms with Crippen LogP contribution in [0.2, 0.25) is 0 Å². The van der Waals surface area contributed by atoms with E-state index < -0.39 is 10.0 Å². The number of sulfonamides is 1. The van der Waals surface area contributed by atoms with Crippen LogP contribution in [0.25, 0.3) is 5.65 Å². The van der Waals surface area contributed by atoms with Crippen molar-refractivity contribution in [3.8, 4) is 0 Å². The van der Waals surface area contributed by atoms with Gasteiger partial charge in [0.05, 0.1) is 6.42 Å². The van der Waals surface area contributed by atoms with Gasteiger partial charge < -0.3 is 4.90 Å². The second-order valence-electron chi connectivity index (χ2n) is 7.46. The van der Waals surface area contributed by atoms with E-state index in [1.54, 1.807) is 26.9 Å². The molecule has 1 aliphatic heterocycles. The van der Waals surface area contributed by atoms with Crippen molar-refractivity contribution in [2.75, 3.05) is 13.1 Å². The number of fused-ring (bicyclic) bond motifs is 1. The van der Waals surface area contributed by atoms with E-state index in [9.17, 15) is 18.0 Å². The predicted octanol–water partition coefficient (Wildman–Crippen LogP) is 1.21. The highest BCUT2D eigenvalue weighted by atomic mass is 32.2. The van der Waals surface area contributed by atoms with Crippen LogP contribution in [0, 0.1) is 13.8 Å². The van der Waals surface area contributed by atoms with Gasteiger partial charge in [-0.15, -0.1) is 11.3 Å². The first-order valence-electron chi connectivity index (χ1n) is 9.66. The van der Waals surface area contributed by atoms with Crippen LogP contribution in [0.3, 0.4) is 0 Å². The molecule has 3 aromatic heterocycles. The van der Waals surface area contributed by atoms with Gasteiger partial charge in [0.15, 0.2) is 5.65 Å². The fourth-order valence-corrected chi connectivity index (χ4v) is 6.13. The van der Waals surface area contributed by atoms with Gasteiger partial charge in [0.25, 0.3) is 5.56 Å². The molecule has 0 aromatic carbocycles. The summed E-state index contributed by atoms with van der Waals surface area (Å²) in [5, 5.41) is 4.43. The van der Waals surface area contributed by atoms with E-state index in [0.29, 0.717) is 35.8 Å². The summed E-state index contributed by atoms with van der Waals surface area (Å²) >= 11 is 1.18. The second-order valence-corrected chi connectivity index (χ2v) is 10.3. The molecule has 1 aliphatic rings. The zero-order valence-corrected chi connectivity index (χ0v) is 18.3. The SMILES string of the molecule is Cc1nc2cc(=O)[nH]n2c(C)c1CC(=O)N1CCC(NS(=O)(=O)c2cccs2)CC1. The lowest BCUT2D eigenvalue weighted by atomic mass is 10.0. The molecule has 0 aliphatic carbocycles. The molecule has 160 valence electrons. The molecule has 0 saturated carbocycles. The minimum absolute atomic E-state index is 0.0311. The van der Waals surface area contributed by atoms with Crippen LogP contribution in [-0.2, 0) is 21.2 Å². The fraction of sp³-hybridized carbons (Fsp3) is 0.421. The molecule has 30 heavy (non-hydrogen) atoms. The Labute approximate surface area is 177 Å². The Morgan fingerprint density at radius 2 is 2.07 bits per heavy atom. The molecular weight excluding hydrogens is 426 g/mol. The molecule has 1 saturated heterocycles. The maximum Gasteiger partial charge on any atom is 0.266 e. The normalized spacial score (nSPS) is 15.7. The van der Waals surface area contributed by atoms with Crippen LogP contribution >= 0.6 is 11.3 Å². The highest BCUT2D eigenvalue weighted by Crippen LogP contribution is 2.20. The van der Waals surface area contributed by atoms with E-state index >= 15 is 0 Å². The van der Waals surface area contributed by atoms with Crippen molar-refractivity contribution in [2.24, 2.45) is 0 Å². The average molecular weight is 450 g/mol. The van der Waals surface area contributed by atoms with Crippen LogP contribution in [-0.4, -0.2) is 53.0 Å². The second kappa shape index (κ2) is 7.97. The number of nitrogens with zero attached hydrogens (tertiary/aromatic N) is 3. The summed E-state index contributed by atoms with van der Waals surface area (Å²) in [6, 6.07) is 4.53. The third kappa shape index (κ3) is 4.05. The molecule has 0 radical (unpaired) electrons. The summed E-state index contributed by atoms with van der Waals surface area (Å²) in [7, 11) is -3.51. The zero-order chi connectivity index (χ0) is 21.5. The Bertz CT molecular complexity index is 1240. The summed E-state index contributed by atoms with van der Waals surface area (Å²) in [5.74, 6) is -0.0311. The Morgan fingerprint density at radius 3 is 2.73 bits per heavy atom. The quantitative estimate of drug-likeness (QED) is 0.607. The van der Waals surface area contributed by atoms with Crippen LogP contribution in [0.5, 0.6) is 0 Å². The van der Waals surface area contributed by atoms with Crippen molar-refractivity contribution in [1.82, 2.24) is 24.2 Å². The van der Waals surface area contributed by atoms with Crippen molar-refractivity contribution in [3.63, 3.8) is 0 Å². The summed E-state index contributed by atoms with van der Waals surface area (Å²) in [6.45, 7) is 4.67. The van der Waals surface area contributed by atoms with E-state index in [4.69, 9.17) is 0 Å². The van der Waals surface area contributed by atoms with Gasteiger partial charge in [-0.1, -0.05) is 6.07 Å². The Balaban J connectivity index is 1.40. The van der Waals surface area contributed by atoms with Crippen molar-refractivity contribution >= 4 is 32.9 Å². The van der Waals surface area contributed by atoms with Gasteiger partial charge in [0.2, 0.25) is 15.9 Å². The van der Waals surface area contributed by atoms with Crippen molar-refractivity contribution in [3.05, 3.63) is 50.9 Å². The predicted molar refractivity (Wildman–Crippen MR) is 113 cm³/mol. The number of likely N-dealkylation sites (tertiary alicyclic amines) is 1. The number of piperidine rings is 1. The topological polar surface area (TPSA) is 117 Å². The molecule has 4 rings (SSSR count). The number of nitrogens with one attached hydrogen (secondary N) is 2. The molecule has 2 N–H and O–H groups in total. The third-order valence-electron chi connectivity index (χ3n) is 5.46. The maximum atomic E-state index is 12.9.